The van der Waals surface area contributed by atoms with E-state index < -0.39 is 28.8 Å². The van der Waals surface area contributed by atoms with Crippen LogP contribution in [0.1, 0.15) is 17.0 Å². The number of amides is 1. The molecule has 1 aromatic carbocycles. The van der Waals surface area contributed by atoms with Gasteiger partial charge in [0.05, 0.1) is 11.3 Å². The fourth-order valence-corrected chi connectivity index (χ4v) is 1.94. The second-order valence-corrected chi connectivity index (χ2v) is 5.06. The highest BCUT2D eigenvalue weighted by molar-refractivity contribution is 6.21. The normalized spacial score (nSPS) is 12.3. The van der Waals surface area contributed by atoms with Crippen molar-refractivity contribution >= 4 is 23.3 Å². The number of carbonyl (C=O) groups is 1. The zero-order valence-electron chi connectivity index (χ0n) is 11.5. The molecule has 0 unspecified atom stereocenters. The number of halogens is 6. The molecule has 0 fully saturated rings. The highest BCUT2D eigenvalue weighted by Crippen LogP contribution is 2.33. The van der Waals surface area contributed by atoms with E-state index in [4.69, 9.17) is 11.6 Å². The molecule has 0 atom stereocenters. The van der Waals surface area contributed by atoms with Gasteiger partial charge in [0.1, 0.15) is 5.69 Å². The minimum Gasteiger partial charge on any atom is -0.306 e. The molecule has 0 bridgehead atoms. The van der Waals surface area contributed by atoms with Crippen LogP contribution < -0.4 is 5.32 Å². The van der Waals surface area contributed by atoms with Crippen LogP contribution in [0.2, 0.25) is 0 Å². The molecule has 0 aliphatic heterocycles. The van der Waals surface area contributed by atoms with Gasteiger partial charge < -0.3 is 5.32 Å². The maximum absolute atomic E-state index is 13.2. The van der Waals surface area contributed by atoms with Crippen LogP contribution in [0.25, 0.3) is 0 Å². The van der Waals surface area contributed by atoms with Gasteiger partial charge in [0.25, 0.3) is 0 Å². The Morgan fingerprint density at radius 2 is 1.87 bits per heavy atom. The first-order valence-electron chi connectivity index (χ1n) is 6.11. The summed E-state index contributed by atoms with van der Waals surface area (Å²) in [5.41, 5.74) is -2.00. The Labute approximate surface area is 131 Å². The topological polar surface area (TPSA) is 46.9 Å². The summed E-state index contributed by atoms with van der Waals surface area (Å²) in [5, 5.41) is 1.77. The molecule has 1 amide bonds. The van der Waals surface area contributed by atoms with E-state index in [1.807, 2.05) is 0 Å². The van der Waals surface area contributed by atoms with Gasteiger partial charge in [-0.2, -0.15) is 31.7 Å². The molecule has 10 heteroatoms. The van der Waals surface area contributed by atoms with E-state index in [2.05, 4.69) is 10.4 Å². The molecule has 124 valence electrons. The summed E-state index contributed by atoms with van der Waals surface area (Å²) in [6.45, 7) is 1.36. The minimum absolute atomic E-state index is 0.0968. The fraction of sp³-hybridized carbons (Fsp3) is 0.231. The first kappa shape index (κ1) is 17.2. The second-order valence-electron chi connectivity index (χ2n) is 4.59. The van der Waals surface area contributed by atoms with Crippen LogP contribution in [0.3, 0.4) is 0 Å². The maximum Gasteiger partial charge on any atom is 0.416 e. The molecular weight excluding hydrogens is 345 g/mol. The average molecular weight is 354 g/mol. The largest absolute Gasteiger partial charge is 0.416 e. The number of hydrogen-bond acceptors (Lipinski definition) is 2. The first-order valence-corrected chi connectivity index (χ1v) is 6.49. The van der Waals surface area contributed by atoms with E-state index in [1.54, 1.807) is 0 Å². The molecule has 0 saturated heterocycles. The van der Waals surface area contributed by atoms with E-state index in [1.165, 1.54) is 13.0 Å². The third kappa shape index (κ3) is 3.98. The van der Waals surface area contributed by atoms with Crippen molar-refractivity contribution in [1.29, 1.82) is 0 Å². The quantitative estimate of drug-likeness (QED) is 0.634. The lowest BCUT2D eigenvalue weighted by molar-refractivity contribution is -0.137. The van der Waals surface area contributed by atoms with E-state index in [0.717, 1.165) is 18.2 Å². The molecule has 0 aliphatic carbocycles. The van der Waals surface area contributed by atoms with Gasteiger partial charge in [0, 0.05) is 5.69 Å². The minimum atomic E-state index is -4.60. The number of hydrogen-bond donors (Lipinski definition) is 1. The number of rotatable bonds is 2. The van der Waals surface area contributed by atoms with E-state index in [9.17, 15) is 26.7 Å². The van der Waals surface area contributed by atoms with Gasteiger partial charge in [-0.15, -0.1) is 0 Å². The number of benzene rings is 1. The maximum atomic E-state index is 13.2. The average Bonchev–Trinajstić information content (AvgIpc) is 2.80. The van der Waals surface area contributed by atoms with Crippen LogP contribution in [0.4, 0.5) is 32.4 Å². The lowest BCUT2D eigenvalue weighted by Gasteiger charge is -2.12. The fourth-order valence-electron chi connectivity index (χ4n) is 1.81. The summed E-state index contributed by atoms with van der Waals surface area (Å²) >= 11 is 4.89. The molecule has 2 aromatic rings. The molecule has 2 rings (SSSR count). The van der Waals surface area contributed by atoms with Crippen LogP contribution in [-0.2, 0) is 11.6 Å². The Kier molecular flexibility index (Phi) is 4.34. The molecule has 1 N–H and O–H groups in total. The van der Waals surface area contributed by atoms with Crippen molar-refractivity contribution in [2.45, 2.75) is 18.5 Å². The van der Waals surface area contributed by atoms with Crippen LogP contribution in [0.15, 0.2) is 30.3 Å². The summed E-state index contributed by atoms with van der Waals surface area (Å²) in [5.74, 6) is 0. The Morgan fingerprint density at radius 1 is 1.22 bits per heavy atom. The molecule has 1 heterocycles. The lowest BCUT2D eigenvalue weighted by Crippen LogP contribution is -2.26. The van der Waals surface area contributed by atoms with Gasteiger partial charge in [0.15, 0.2) is 0 Å². The summed E-state index contributed by atoms with van der Waals surface area (Å²) in [4.78, 5) is 12.0. The van der Waals surface area contributed by atoms with Crippen molar-refractivity contribution in [3.8, 4) is 0 Å². The summed E-state index contributed by atoms with van der Waals surface area (Å²) < 4.78 is 64.6. The summed E-state index contributed by atoms with van der Waals surface area (Å²) in [6.07, 6.45) is -4.60. The Hall–Kier alpha value is -2.16. The number of alkyl halides is 6. The van der Waals surface area contributed by atoms with Gasteiger partial charge in [-0.25, -0.2) is 4.79 Å². The molecular formula is C13H9ClF5N3O. The van der Waals surface area contributed by atoms with E-state index in [0.29, 0.717) is 10.7 Å². The zero-order valence-corrected chi connectivity index (χ0v) is 12.2. The third-order valence-electron chi connectivity index (χ3n) is 2.76. The molecule has 0 aliphatic rings. The van der Waals surface area contributed by atoms with Crippen LogP contribution in [0.5, 0.6) is 0 Å². The zero-order chi connectivity index (χ0) is 17.4. The number of carbonyl (C=O) groups excluding carboxylic acids is 1. The molecule has 0 radical (unpaired) electrons. The van der Waals surface area contributed by atoms with Crippen molar-refractivity contribution in [2.75, 3.05) is 5.32 Å². The van der Waals surface area contributed by atoms with E-state index >= 15 is 0 Å². The van der Waals surface area contributed by atoms with Crippen LogP contribution in [0, 0.1) is 6.92 Å². The van der Waals surface area contributed by atoms with Crippen molar-refractivity contribution in [3.63, 3.8) is 0 Å². The van der Waals surface area contributed by atoms with Crippen LogP contribution >= 0.6 is 11.6 Å². The molecule has 23 heavy (non-hydrogen) atoms. The summed E-state index contributed by atoms with van der Waals surface area (Å²) in [6, 6.07) is 3.48. The third-order valence-corrected chi connectivity index (χ3v) is 2.95. The Balaban J connectivity index is 2.31. The molecule has 4 nitrogen and oxygen atoms in total. The Bertz CT molecular complexity index is 736. The van der Waals surface area contributed by atoms with Crippen molar-refractivity contribution in [3.05, 3.63) is 47.3 Å². The van der Waals surface area contributed by atoms with Crippen molar-refractivity contribution in [2.24, 2.45) is 0 Å². The number of nitrogens with zero attached hydrogens (tertiary/aromatic N) is 2. The van der Waals surface area contributed by atoms with Gasteiger partial charge in [-0.1, -0.05) is 6.07 Å². The highest BCUT2D eigenvalue weighted by Gasteiger charge is 2.35. The SMILES string of the molecule is Cc1cc(C(F)(F)Cl)n(C(=O)Nc2cccc(C(F)(F)F)c2)n1. The Morgan fingerprint density at radius 3 is 2.43 bits per heavy atom. The number of nitrogens with one attached hydrogen (secondary N) is 1. The van der Waals surface area contributed by atoms with Crippen molar-refractivity contribution < 1.29 is 26.7 Å². The predicted octanol–water partition coefficient (Wildman–Crippen LogP) is 4.58. The number of aryl methyl sites for hydroxylation is 1. The van der Waals surface area contributed by atoms with Crippen LogP contribution in [-0.4, -0.2) is 15.8 Å². The summed E-state index contributed by atoms with van der Waals surface area (Å²) in [7, 11) is 0. The smallest absolute Gasteiger partial charge is 0.306 e. The highest BCUT2D eigenvalue weighted by atomic mass is 35.5. The first-order chi connectivity index (χ1) is 10.5. The van der Waals surface area contributed by atoms with Gasteiger partial charge in [0.2, 0.25) is 0 Å². The molecule has 0 saturated carbocycles. The van der Waals surface area contributed by atoms with Gasteiger partial charge in [-0.3, -0.25) is 0 Å². The monoisotopic (exact) mass is 353 g/mol. The van der Waals surface area contributed by atoms with E-state index in [-0.39, 0.29) is 11.4 Å². The van der Waals surface area contributed by atoms with Gasteiger partial charge >= 0.3 is 17.6 Å². The molecule has 0 spiro atoms. The standard InChI is InChI=1S/C13H9ClF5N3O/c1-7-5-10(12(14,15)16)22(21-7)11(23)20-9-4-2-3-8(6-9)13(17,18)19/h2-6H,1H3,(H,20,23). The number of aromatic nitrogens is 2. The predicted molar refractivity (Wildman–Crippen MR) is 72.6 cm³/mol. The number of anilines is 1. The van der Waals surface area contributed by atoms with Crippen molar-refractivity contribution in [1.82, 2.24) is 9.78 Å². The van der Waals surface area contributed by atoms with Gasteiger partial charge in [-0.05, 0) is 42.8 Å². The molecule has 1 aromatic heterocycles. The second kappa shape index (κ2) is 5.80. The lowest BCUT2D eigenvalue weighted by atomic mass is 10.2.